The van der Waals surface area contributed by atoms with Crippen molar-refractivity contribution in [1.82, 2.24) is 24.7 Å². The Morgan fingerprint density at radius 2 is 2.10 bits per heavy atom. The Bertz CT molecular complexity index is 1230. The van der Waals surface area contributed by atoms with Crippen LogP contribution in [0.4, 0.5) is 5.13 Å². The van der Waals surface area contributed by atoms with Crippen LogP contribution in [0.3, 0.4) is 0 Å². The van der Waals surface area contributed by atoms with Crippen LogP contribution >= 0.6 is 11.3 Å². The highest BCUT2D eigenvalue weighted by atomic mass is 32.1. The van der Waals surface area contributed by atoms with Crippen molar-refractivity contribution < 1.29 is 4.79 Å². The van der Waals surface area contributed by atoms with E-state index in [1.165, 1.54) is 23.8 Å². The van der Waals surface area contributed by atoms with Gasteiger partial charge in [0.15, 0.2) is 5.13 Å². The number of nitrogens with zero attached hydrogens (tertiary/aromatic N) is 5. The molecule has 1 aliphatic carbocycles. The molecule has 0 unspecified atom stereocenters. The van der Waals surface area contributed by atoms with E-state index < -0.39 is 0 Å². The zero-order valence-electron chi connectivity index (χ0n) is 16.7. The number of amides is 1. The number of pyridine rings is 2. The molecule has 0 aromatic carbocycles. The van der Waals surface area contributed by atoms with Crippen LogP contribution in [0.2, 0.25) is 0 Å². The number of hydrogen-bond donors (Lipinski definition) is 1. The van der Waals surface area contributed by atoms with Crippen molar-refractivity contribution >= 4 is 22.4 Å². The lowest BCUT2D eigenvalue weighted by atomic mass is 10.0. The number of fused-ring (bicyclic) bond motifs is 3. The lowest BCUT2D eigenvalue weighted by Gasteiger charge is -2.06. The highest BCUT2D eigenvalue weighted by Gasteiger charge is 2.28. The summed E-state index contributed by atoms with van der Waals surface area (Å²) >= 11 is 1.50. The Morgan fingerprint density at radius 3 is 2.83 bits per heavy atom. The number of nitrogens with one attached hydrogen (secondary N) is 1. The topological polar surface area (TPSA) is 85.6 Å². The maximum absolute atomic E-state index is 11.6. The smallest absolute Gasteiger partial charge is 0.223 e. The summed E-state index contributed by atoms with van der Waals surface area (Å²) in [4.78, 5) is 26.1. The highest BCUT2D eigenvalue weighted by Crippen LogP contribution is 2.43. The van der Waals surface area contributed by atoms with E-state index in [9.17, 15) is 4.79 Å². The van der Waals surface area contributed by atoms with Crippen LogP contribution in [-0.2, 0) is 17.6 Å². The van der Waals surface area contributed by atoms with Gasteiger partial charge in [-0.15, -0.1) is 0 Å². The Morgan fingerprint density at radius 1 is 1.20 bits per heavy atom. The lowest BCUT2D eigenvalue weighted by molar-refractivity contribution is -0.114. The second-order valence-electron chi connectivity index (χ2n) is 7.32. The number of anilines is 1. The SMILES string of the molecule is CC(=O)Nc1nc2c(s1)-c1c(c(-c3ccc(C)nc3)nn1-c1cccnc1)CCC2. The lowest BCUT2D eigenvalue weighted by Crippen LogP contribution is -2.05. The minimum atomic E-state index is -0.119. The molecule has 4 heterocycles. The summed E-state index contributed by atoms with van der Waals surface area (Å²) < 4.78 is 1.96. The molecule has 0 aliphatic heterocycles. The molecule has 0 radical (unpaired) electrons. The van der Waals surface area contributed by atoms with Crippen LogP contribution in [0.5, 0.6) is 0 Å². The normalized spacial score (nSPS) is 12.7. The van der Waals surface area contributed by atoms with Gasteiger partial charge in [-0.25, -0.2) is 9.67 Å². The zero-order valence-corrected chi connectivity index (χ0v) is 17.5. The Hall–Kier alpha value is -3.39. The molecule has 4 aromatic heterocycles. The molecule has 0 fully saturated rings. The molecule has 8 heteroatoms. The Labute approximate surface area is 177 Å². The average Bonchev–Trinajstić information content (AvgIpc) is 3.25. The summed E-state index contributed by atoms with van der Waals surface area (Å²) in [5.74, 6) is -0.119. The van der Waals surface area contributed by atoms with Crippen LogP contribution in [0.15, 0.2) is 42.9 Å². The molecule has 0 saturated carbocycles. The molecule has 150 valence electrons. The van der Waals surface area contributed by atoms with Crippen LogP contribution in [0.25, 0.3) is 27.5 Å². The van der Waals surface area contributed by atoms with Crippen LogP contribution < -0.4 is 5.32 Å². The molecule has 0 saturated heterocycles. The first-order chi connectivity index (χ1) is 14.6. The zero-order chi connectivity index (χ0) is 20.7. The van der Waals surface area contributed by atoms with Gasteiger partial charge in [0.2, 0.25) is 5.91 Å². The maximum Gasteiger partial charge on any atom is 0.223 e. The number of hydrogen-bond acceptors (Lipinski definition) is 6. The molecule has 5 rings (SSSR count). The number of aromatic nitrogens is 5. The third kappa shape index (κ3) is 3.29. The maximum atomic E-state index is 11.6. The number of carbonyl (C=O) groups is 1. The van der Waals surface area contributed by atoms with Crippen molar-refractivity contribution in [2.75, 3.05) is 5.32 Å². The molecule has 1 N–H and O–H groups in total. The summed E-state index contributed by atoms with van der Waals surface area (Å²) in [5.41, 5.74) is 7.00. The molecule has 7 nitrogen and oxygen atoms in total. The van der Waals surface area contributed by atoms with Gasteiger partial charge in [0.1, 0.15) is 0 Å². The minimum Gasteiger partial charge on any atom is -0.302 e. The molecule has 0 bridgehead atoms. The highest BCUT2D eigenvalue weighted by molar-refractivity contribution is 7.19. The second kappa shape index (κ2) is 7.46. The van der Waals surface area contributed by atoms with Gasteiger partial charge in [0, 0.05) is 36.1 Å². The Balaban J connectivity index is 1.76. The predicted molar refractivity (Wildman–Crippen MR) is 117 cm³/mol. The molecule has 0 atom stereocenters. The van der Waals surface area contributed by atoms with Gasteiger partial charge in [-0.3, -0.25) is 14.8 Å². The quantitative estimate of drug-likeness (QED) is 0.541. The fourth-order valence-electron chi connectivity index (χ4n) is 3.77. The summed E-state index contributed by atoms with van der Waals surface area (Å²) in [6.45, 7) is 3.48. The molecule has 1 aliphatic rings. The molecular weight excluding hydrogens is 396 g/mol. The summed E-state index contributed by atoms with van der Waals surface area (Å²) in [7, 11) is 0. The van der Waals surface area contributed by atoms with Crippen LogP contribution in [0.1, 0.15) is 30.3 Å². The molecule has 1 amide bonds. The molecule has 30 heavy (non-hydrogen) atoms. The monoisotopic (exact) mass is 416 g/mol. The van der Waals surface area contributed by atoms with E-state index in [2.05, 4.69) is 21.4 Å². The van der Waals surface area contributed by atoms with Gasteiger partial charge < -0.3 is 5.32 Å². The number of thiazole rings is 1. The van der Waals surface area contributed by atoms with Gasteiger partial charge in [0.05, 0.1) is 33.8 Å². The summed E-state index contributed by atoms with van der Waals surface area (Å²) in [5, 5.41) is 8.46. The van der Waals surface area contributed by atoms with Gasteiger partial charge in [-0.1, -0.05) is 11.3 Å². The van der Waals surface area contributed by atoms with E-state index in [1.807, 2.05) is 42.2 Å². The van der Waals surface area contributed by atoms with Crippen LogP contribution in [0, 0.1) is 6.92 Å². The average molecular weight is 417 g/mol. The van der Waals surface area contributed by atoms with E-state index in [0.29, 0.717) is 5.13 Å². The van der Waals surface area contributed by atoms with Gasteiger partial charge in [-0.2, -0.15) is 5.10 Å². The third-order valence-corrected chi connectivity index (χ3v) is 6.11. The van der Waals surface area contributed by atoms with E-state index >= 15 is 0 Å². The largest absolute Gasteiger partial charge is 0.302 e. The molecular formula is C22H20N6OS. The minimum absolute atomic E-state index is 0.119. The van der Waals surface area contributed by atoms with E-state index in [4.69, 9.17) is 10.1 Å². The van der Waals surface area contributed by atoms with Crippen molar-refractivity contribution in [2.45, 2.75) is 33.1 Å². The first kappa shape index (κ1) is 18.6. The molecule has 4 aromatic rings. The van der Waals surface area contributed by atoms with Crippen LogP contribution in [-0.4, -0.2) is 30.6 Å². The van der Waals surface area contributed by atoms with Crippen molar-refractivity contribution in [2.24, 2.45) is 0 Å². The van der Waals surface area contributed by atoms with Gasteiger partial charge >= 0.3 is 0 Å². The third-order valence-electron chi connectivity index (χ3n) is 5.09. The summed E-state index contributed by atoms with van der Waals surface area (Å²) in [6, 6.07) is 7.98. The fourth-order valence-corrected chi connectivity index (χ4v) is 4.88. The first-order valence-corrected chi connectivity index (χ1v) is 10.6. The van der Waals surface area contributed by atoms with Crippen molar-refractivity contribution in [1.29, 1.82) is 0 Å². The molecule has 0 spiro atoms. The number of aryl methyl sites for hydroxylation is 2. The standard InChI is InChI=1S/C22H20N6OS/c1-13-8-9-15(11-24-13)19-17-6-3-7-18-21(30-22(26-18)25-14(2)29)20(17)28(27-19)16-5-4-10-23-12-16/h4-5,8-12H,3,6-7H2,1-2H3,(H,25,26,29). The van der Waals surface area contributed by atoms with Crippen molar-refractivity contribution in [3.8, 4) is 27.5 Å². The first-order valence-electron chi connectivity index (χ1n) is 9.83. The fraction of sp³-hybridized carbons (Fsp3) is 0.227. The summed E-state index contributed by atoms with van der Waals surface area (Å²) in [6.07, 6.45) is 8.17. The number of carbonyl (C=O) groups excluding carboxylic acids is 1. The van der Waals surface area contributed by atoms with Crippen molar-refractivity contribution in [3.63, 3.8) is 0 Å². The van der Waals surface area contributed by atoms with Crippen molar-refractivity contribution in [3.05, 3.63) is 59.8 Å². The predicted octanol–water partition coefficient (Wildman–Crippen LogP) is 4.21. The second-order valence-corrected chi connectivity index (χ2v) is 8.32. The number of rotatable bonds is 3. The van der Waals surface area contributed by atoms with Gasteiger partial charge in [-0.05, 0) is 50.5 Å². The van der Waals surface area contributed by atoms with Gasteiger partial charge in [0.25, 0.3) is 0 Å². The Kier molecular flexibility index (Phi) is 4.63. The van der Waals surface area contributed by atoms with E-state index in [1.54, 1.807) is 6.20 Å². The van der Waals surface area contributed by atoms with E-state index in [0.717, 1.165) is 58.2 Å². The van der Waals surface area contributed by atoms with E-state index in [-0.39, 0.29) is 5.91 Å².